The highest BCUT2D eigenvalue weighted by molar-refractivity contribution is 8.00. The molecule has 2 aromatic carbocycles. The molecule has 1 fully saturated rings. The molecule has 5 atom stereocenters. The van der Waals surface area contributed by atoms with E-state index in [1.54, 1.807) is 24.3 Å². The molecule has 5 amide bonds. The van der Waals surface area contributed by atoms with Gasteiger partial charge in [0.05, 0.1) is 11.7 Å². The van der Waals surface area contributed by atoms with Crippen LogP contribution in [-0.4, -0.2) is 87.2 Å². The highest BCUT2D eigenvalue weighted by atomic mass is 32.2. The molecule has 3 rings (SSSR count). The molecule has 1 heterocycles. The van der Waals surface area contributed by atoms with Gasteiger partial charge >= 0.3 is 5.97 Å². The van der Waals surface area contributed by atoms with Gasteiger partial charge in [-0.3, -0.25) is 28.8 Å². The number of thioether (sulfide) groups is 1. The molecule has 6 N–H and O–H groups in total. The van der Waals surface area contributed by atoms with Crippen molar-refractivity contribution in [2.75, 3.05) is 12.3 Å². The number of aliphatic carboxylic acids is 1. The Kier molecular flexibility index (Phi) is 14.9. The smallest absolute Gasteiger partial charge is 0.305 e. The molecule has 13 heteroatoms. The van der Waals surface area contributed by atoms with E-state index in [9.17, 15) is 33.9 Å². The summed E-state index contributed by atoms with van der Waals surface area (Å²) >= 11 is 1.39. The normalized spacial score (nSPS) is 16.8. The number of amides is 5. The first-order valence-electron chi connectivity index (χ1n) is 16.2. The maximum absolute atomic E-state index is 14.0. The minimum atomic E-state index is -1.46. The molecule has 12 nitrogen and oxygen atoms in total. The summed E-state index contributed by atoms with van der Waals surface area (Å²) in [5.74, 6) is -3.20. The van der Waals surface area contributed by atoms with E-state index in [1.165, 1.54) is 18.7 Å². The number of carbonyl (C=O) groups is 6. The first kappa shape index (κ1) is 38.1. The quantitative estimate of drug-likeness (QED) is 0.158. The minimum absolute atomic E-state index is 0.0883. The summed E-state index contributed by atoms with van der Waals surface area (Å²) in [4.78, 5) is 78.0. The summed E-state index contributed by atoms with van der Waals surface area (Å²) in [6.07, 6.45) is 1.81. The van der Waals surface area contributed by atoms with Crippen LogP contribution in [0.1, 0.15) is 57.6 Å². The number of nitrogens with one attached hydrogen (secondary N) is 3. The van der Waals surface area contributed by atoms with Crippen molar-refractivity contribution in [3.05, 3.63) is 71.8 Å². The minimum Gasteiger partial charge on any atom is -0.481 e. The lowest BCUT2D eigenvalue weighted by Crippen LogP contribution is -2.55. The number of likely N-dealkylation sites (tertiary alicyclic amines) is 1. The standard InChI is InChI=1S/C35H47N5O7S/c1-22(2)17-29(37-23(3)41)35(47)40-16-10-15-26(40)21-48-30(19-25-13-8-5-9-14-25)34(46)39-28(18-24-11-6-4-7-12-24)33(45)38-27(32(36)44)20-31(42)43/h4-9,11-14,22,26-30H,10,15-21H2,1-3H3,(H2,36,44)(H,37,41)(H,38,45)(H,39,46)(H,42,43)/t26-,27-,28-,29-,30-/m0/s1. The first-order valence-corrected chi connectivity index (χ1v) is 17.3. The molecule has 0 unspecified atom stereocenters. The van der Waals surface area contributed by atoms with Gasteiger partial charge in [0, 0.05) is 31.7 Å². The predicted octanol–water partition coefficient (Wildman–Crippen LogP) is 2.05. The zero-order valence-corrected chi connectivity index (χ0v) is 28.5. The van der Waals surface area contributed by atoms with E-state index in [1.807, 2.05) is 55.1 Å². The second kappa shape index (κ2) is 18.8. The predicted molar refractivity (Wildman–Crippen MR) is 184 cm³/mol. The van der Waals surface area contributed by atoms with E-state index in [4.69, 9.17) is 5.73 Å². The Balaban J connectivity index is 1.82. The molecule has 0 aliphatic carbocycles. The summed E-state index contributed by atoms with van der Waals surface area (Å²) in [5.41, 5.74) is 7.02. The monoisotopic (exact) mass is 681 g/mol. The summed E-state index contributed by atoms with van der Waals surface area (Å²) in [6.45, 7) is 5.95. The van der Waals surface area contributed by atoms with Crippen molar-refractivity contribution in [1.29, 1.82) is 0 Å². The topological polar surface area (TPSA) is 188 Å². The summed E-state index contributed by atoms with van der Waals surface area (Å²) in [6, 6.07) is 15.1. The van der Waals surface area contributed by atoms with Crippen LogP contribution in [0.25, 0.3) is 0 Å². The molecule has 0 saturated carbocycles. The Morgan fingerprint density at radius 3 is 1.98 bits per heavy atom. The molecule has 0 bridgehead atoms. The Labute approximate surface area is 286 Å². The number of primary amides is 1. The van der Waals surface area contributed by atoms with Crippen molar-refractivity contribution in [2.24, 2.45) is 11.7 Å². The number of rotatable bonds is 18. The summed E-state index contributed by atoms with van der Waals surface area (Å²) in [7, 11) is 0. The van der Waals surface area contributed by atoms with Gasteiger partial charge in [0.15, 0.2) is 0 Å². The fraction of sp³-hybridized carbons (Fsp3) is 0.486. The molecular formula is C35H47N5O7S. The van der Waals surface area contributed by atoms with Crippen molar-refractivity contribution >= 4 is 47.3 Å². The third kappa shape index (κ3) is 12.3. The van der Waals surface area contributed by atoms with E-state index in [0.717, 1.165) is 24.0 Å². The molecule has 1 saturated heterocycles. The molecule has 48 heavy (non-hydrogen) atoms. The summed E-state index contributed by atoms with van der Waals surface area (Å²) in [5, 5.41) is 16.6. The zero-order chi connectivity index (χ0) is 35.2. The largest absolute Gasteiger partial charge is 0.481 e. The third-order valence-corrected chi connectivity index (χ3v) is 9.40. The number of hydrogen-bond acceptors (Lipinski definition) is 7. The van der Waals surface area contributed by atoms with E-state index in [0.29, 0.717) is 25.1 Å². The number of nitrogens with two attached hydrogens (primary N) is 1. The second-order valence-corrected chi connectivity index (χ2v) is 13.8. The molecule has 260 valence electrons. The van der Waals surface area contributed by atoms with E-state index in [-0.39, 0.29) is 30.2 Å². The third-order valence-electron chi connectivity index (χ3n) is 8.04. The lowest BCUT2D eigenvalue weighted by molar-refractivity contribution is -0.140. The van der Waals surface area contributed by atoms with Gasteiger partial charge in [-0.15, -0.1) is 11.8 Å². The number of carboxylic acid groups (broad SMARTS) is 1. The van der Waals surface area contributed by atoms with Crippen LogP contribution in [-0.2, 0) is 41.6 Å². The molecular weight excluding hydrogens is 634 g/mol. The van der Waals surface area contributed by atoms with Crippen molar-refractivity contribution in [2.45, 2.75) is 88.7 Å². The van der Waals surface area contributed by atoms with E-state index in [2.05, 4.69) is 16.0 Å². The lowest BCUT2D eigenvalue weighted by atomic mass is 10.0. The molecule has 0 spiro atoms. The van der Waals surface area contributed by atoms with Gasteiger partial charge in [-0.25, -0.2) is 0 Å². The van der Waals surface area contributed by atoms with E-state index >= 15 is 0 Å². The maximum Gasteiger partial charge on any atom is 0.305 e. The van der Waals surface area contributed by atoms with Crippen LogP contribution in [0.2, 0.25) is 0 Å². The van der Waals surface area contributed by atoms with Crippen LogP contribution in [0, 0.1) is 5.92 Å². The molecule has 0 aromatic heterocycles. The van der Waals surface area contributed by atoms with Crippen LogP contribution in [0.5, 0.6) is 0 Å². The average Bonchev–Trinajstić information content (AvgIpc) is 3.50. The lowest BCUT2D eigenvalue weighted by Gasteiger charge is -2.31. The van der Waals surface area contributed by atoms with Gasteiger partial charge in [-0.05, 0) is 42.7 Å². The van der Waals surface area contributed by atoms with Crippen molar-refractivity contribution < 1.29 is 33.9 Å². The van der Waals surface area contributed by atoms with Crippen molar-refractivity contribution in [3.63, 3.8) is 0 Å². The van der Waals surface area contributed by atoms with E-state index < -0.39 is 53.5 Å². The van der Waals surface area contributed by atoms with Crippen molar-refractivity contribution in [3.8, 4) is 0 Å². The highest BCUT2D eigenvalue weighted by Crippen LogP contribution is 2.27. The second-order valence-electron chi connectivity index (χ2n) is 12.5. The Hall–Kier alpha value is -4.39. The van der Waals surface area contributed by atoms with Crippen molar-refractivity contribution in [1.82, 2.24) is 20.9 Å². The summed E-state index contributed by atoms with van der Waals surface area (Å²) < 4.78 is 0. The number of nitrogens with zero attached hydrogens (tertiary/aromatic N) is 1. The van der Waals surface area contributed by atoms with Crippen LogP contribution in [0.15, 0.2) is 60.7 Å². The van der Waals surface area contributed by atoms with Gasteiger partial charge in [0.2, 0.25) is 29.5 Å². The fourth-order valence-electron chi connectivity index (χ4n) is 5.71. The maximum atomic E-state index is 14.0. The van der Waals surface area contributed by atoms with Crippen LogP contribution in [0.4, 0.5) is 0 Å². The number of carbonyl (C=O) groups excluding carboxylic acids is 5. The number of hydrogen-bond donors (Lipinski definition) is 5. The van der Waals surface area contributed by atoms with Gasteiger partial charge in [0.25, 0.3) is 0 Å². The molecule has 1 aliphatic rings. The number of benzene rings is 2. The SMILES string of the molecule is CC(=O)N[C@@H](CC(C)C)C(=O)N1CCC[C@H]1CS[C@@H](Cc1ccccc1)C(=O)N[C@@H](Cc1ccccc1)C(=O)N[C@@H](CC(=O)O)C(N)=O. The number of carboxylic acids is 1. The fourth-order valence-corrected chi connectivity index (χ4v) is 7.04. The highest BCUT2D eigenvalue weighted by Gasteiger charge is 2.36. The van der Waals surface area contributed by atoms with Gasteiger partial charge in [-0.1, -0.05) is 74.5 Å². The van der Waals surface area contributed by atoms with Crippen LogP contribution < -0.4 is 21.7 Å². The molecule has 0 radical (unpaired) electrons. The molecule has 2 aromatic rings. The Bertz CT molecular complexity index is 1410. The van der Waals surface area contributed by atoms with Crippen LogP contribution >= 0.6 is 11.8 Å². The van der Waals surface area contributed by atoms with Gasteiger partial charge in [0.1, 0.15) is 18.1 Å². The zero-order valence-electron chi connectivity index (χ0n) is 27.7. The van der Waals surface area contributed by atoms with Gasteiger partial charge < -0.3 is 31.7 Å². The first-order chi connectivity index (χ1) is 22.8. The molecule has 1 aliphatic heterocycles. The Morgan fingerprint density at radius 2 is 1.44 bits per heavy atom. The van der Waals surface area contributed by atoms with Crippen LogP contribution in [0.3, 0.4) is 0 Å². The average molecular weight is 682 g/mol. The Morgan fingerprint density at radius 1 is 0.854 bits per heavy atom. The van der Waals surface area contributed by atoms with Gasteiger partial charge in [-0.2, -0.15) is 0 Å².